The molecule has 1 saturated heterocycles. The van der Waals surface area contributed by atoms with Crippen molar-refractivity contribution in [3.8, 4) is 22.8 Å². The molecular formula is C38H39N7O5. The van der Waals surface area contributed by atoms with Crippen molar-refractivity contribution in [2.24, 2.45) is 7.05 Å². The lowest BCUT2D eigenvalue weighted by molar-refractivity contribution is 0.0572. The molecule has 7 rings (SSSR count). The monoisotopic (exact) mass is 673 g/mol. The number of amides is 3. The Morgan fingerprint density at radius 1 is 1.00 bits per heavy atom. The SMILES string of the molecule is COc1ccc2[nH]c(-c3c(C)nn(C)c3C)c(C=C3Oc4ccc(NC(=O)Nc5ccc(C(=O)N6CCN(C)C(C)C6)cc5)cc4C3=O)c2c1. The third-order valence-electron chi connectivity index (χ3n) is 9.64. The fraction of sp³-hybridized carbons (Fsp3) is 0.263. The number of aryl methyl sites for hydroxylation is 2. The fourth-order valence-electron chi connectivity index (χ4n) is 6.60. The average molecular weight is 674 g/mol. The molecule has 12 heteroatoms. The number of anilines is 2. The van der Waals surface area contributed by atoms with E-state index in [2.05, 4.69) is 39.6 Å². The number of rotatable bonds is 6. The Morgan fingerprint density at radius 2 is 1.74 bits per heavy atom. The van der Waals surface area contributed by atoms with Gasteiger partial charge in [0.2, 0.25) is 5.78 Å². The number of carbonyl (C=O) groups excluding carboxylic acids is 3. The molecule has 0 spiro atoms. The van der Waals surface area contributed by atoms with Crippen molar-refractivity contribution in [1.29, 1.82) is 0 Å². The number of ketones is 1. The fourth-order valence-corrected chi connectivity index (χ4v) is 6.60. The van der Waals surface area contributed by atoms with Crippen molar-refractivity contribution in [1.82, 2.24) is 24.6 Å². The van der Waals surface area contributed by atoms with Gasteiger partial charge >= 0.3 is 6.03 Å². The van der Waals surface area contributed by atoms with Gasteiger partial charge in [0.1, 0.15) is 11.5 Å². The minimum Gasteiger partial charge on any atom is -0.497 e. The second-order valence-electron chi connectivity index (χ2n) is 12.9. The Balaban J connectivity index is 1.08. The third-order valence-corrected chi connectivity index (χ3v) is 9.64. The number of benzene rings is 3. The van der Waals surface area contributed by atoms with Crippen molar-refractivity contribution in [3.05, 3.63) is 94.5 Å². The van der Waals surface area contributed by atoms with Crippen LogP contribution in [0.1, 0.15) is 44.6 Å². The largest absolute Gasteiger partial charge is 0.497 e. The van der Waals surface area contributed by atoms with Crippen LogP contribution < -0.4 is 20.1 Å². The summed E-state index contributed by atoms with van der Waals surface area (Å²) in [5.74, 6) is 0.911. The summed E-state index contributed by atoms with van der Waals surface area (Å²) < 4.78 is 13.4. The Kier molecular flexibility index (Phi) is 8.40. The standard InChI is InChI=1S/C38H39N7O5/c1-21-20-45(16-15-43(21)4)37(47)24-7-9-25(10-8-24)39-38(48)40-26-11-14-32-30(17-26)36(46)33(50-32)19-29-28-18-27(49-6)12-13-31(28)41-35(29)34-22(2)42-44(5)23(34)3/h7-14,17-19,21,41H,15-16,20H2,1-6H3,(H2,39,40,48). The van der Waals surface area contributed by atoms with Gasteiger partial charge < -0.3 is 34.9 Å². The van der Waals surface area contributed by atoms with E-state index < -0.39 is 6.03 Å². The van der Waals surface area contributed by atoms with E-state index in [1.165, 1.54) is 0 Å². The van der Waals surface area contributed by atoms with Gasteiger partial charge in [-0.05, 0) is 94.6 Å². The number of hydrogen-bond donors (Lipinski definition) is 3. The van der Waals surface area contributed by atoms with Gasteiger partial charge in [-0.15, -0.1) is 0 Å². The highest BCUT2D eigenvalue weighted by atomic mass is 16.5. The highest BCUT2D eigenvalue weighted by Crippen LogP contribution is 2.39. The highest BCUT2D eigenvalue weighted by molar-refractivity contribution is 6.16. The molecule has 4 heterocycles. The van der Waals surface area contributed by atoms with Crippen LogP contribution in [-0.4, -0.2) is 82.1 Å². The first kappa shape index (κ1) is 32.7. The van der Waals surface area contributed by atoms with Crippen molar-refractivity contribution < 1.29 is 23.9 Å². The number of Topliss-reactive ketones (excluding diaryl/α,β-unsaturated/α-hetero) is 1. The van der Waals surface area contributed by atoms with Crippen LogP contribution in [0.25, 0.3) is 28.2 Å². The predicted molar refractivity (Wildman–Crippen MR) is 193 cm³/mol. The van der Waals surface area contributed by atoms with Crippen molar-refractivity contribution in [2.45, 2.75) is 26.8 Å². The number of nitrogens with zero attached hydrogens (tertiary/aromatic N) is 4. The summed E-state index contributed by atoms with van der Waals surface area (Å²) in [6, 6.07) is 17.3. The van der Waals surface area contributed by atoms with Gasteiger partial charge in [-0.25, -0.2) is 4.79 Å². The first-order valence-corrected chi connectivity index (χ1v) is 16.5. The van der Waals surface area contributed by atoms with Crippen molar-refractivity contribution >= 4 is 46.1 Å². The number of hydrogen-bond acceptors (Lipinski definition) is 7. The molecule has 3 N–H and O–H groups in total. The van der Waals surface area contributed by atoms with Gasteiger partial charge in [-0.1, -0.05) is 0 Å². The maximum absolute atomic E-state index is 13.7. The van der Waals surface area contributed by atoms with E-state index in [1.54, 1.807) is 55.7 Å². The van der Waals surface area contributed by atoms with Crippen molar-refractivity contribution in [3.63, 3.8) is 0 Å². The molecule has 3 amide bonds. The van der Waals surface area contributed by atoms with Crippen LogP contribution in [0.15, 0.2) is 66.4 Å². The number of ether oxygens (including phenoxy) is 2. The van der Waals surface area contributed by atoms with Crippen LogP contribution in [0.3, 0.4) is 0 Å². The molecule has 2 aliphatic heterocycles. The normalized spacial score (nSPS) is 16.8. The van der Waals surface area contributed by atoms with Gasteiger partial charge in [0.05, 0.1) is 24.1 Å². The lowest BCUT2D eigenvalue weighted by Gasteiger charge is -2.37. The molecule has 1 fully saturated rings. The van der Waals surface area contributed by atoms with E-state index in [4.69, 9.17) is 9.47 Å². The van der Waals surface area contributed by atoms with Crippen LogP contribution in [-0.2, 0) is 7.05 Å². The number of nitrogens with one attached hydrogen (secondary N) is 3. The van der Waals surface area contributed by atoms with E-state index in [9.17, 15) is 14.4 Å². The zero-order valence-electron chi connectivity index (χ0n) is 28.9. The molecule has 1 unspecified atom stereocenters. The molecule has 0 radical (unpaired) electrons. The molecule has 0 saturated carbocycles. The maximum Gasteiger partial charge on any atom is 0.323 e. The minimum atomic E-state index is -0.487. The first-order valence-electron chi connectivity index (χ1n) is 16.5. The Morgan fingerprint density at radius 3 is 2.44 bits per heavy atom. The quantitative estimate of drug-likeness (QED) is 0.182. The molecule has 3 aromatic carbocycles. The molecule has 2 aliphatic rings. The van der Waals surface area contributed by atoms with Gasteiger partial charge in [0, 0.05) is 77.4 Å². The van der Waals surface area contributed by atoms with E-state index in [0.29, 0.717) is 53.1 Å². The summed E-state index contributed by atoms with van der Waals surface area (Å²) >= 11 is 0. The number of carbonyl (C=O) groups is 3. The lowest BCUT2D eigenvalue weighted by Crippen LogP contribution is -2.52. The van der Waals surface area contributed by atoms with E-state index in [-0.39, 0.29) is 17.4 Å². The number of fused-ring (bicyclic) bond motifs is 2. The Hall–Kier alpha value is -5.88. The summed E-state index contributed by atoms with van der Waals surface area (Å²) in [4.78, 5) is 47.3. The van der Waals surface area contributed by atoms with Gasteiger partial charge in [0.25, 0.3) is 5.91 Å². The number of urea groups is 1. The lowest BCUT2D eigenvalue weighted by atomic mass is 10.0. The van der Waals surface area contributed by atoms with Crippen LogP contribution in [0.2, 0.25) is 0 Å². The first-order chi connectivity index (χ1) is 24.0. The number of aromatic amines is 1. The van der Waals surface area contributed by atoms with Crippen LogP contribution in [0, 0.1) is 13.8 Å². The molecule has 0 aliphatic carbocycles. The summed E-state index contributed by atoms with van der Waals surface area (Å²) in [5, 5.41) is 11.1. The number of aromatic nitrogens is 3. The predicted octanol–water partition coefficient (Wildman–Crippen LogP) is 6.23. The summed E-state index contributed by atoms with van der Waals surface area (Å²) in [5.41, 5.74) is 7.10. The average Bonchev–Trinajstić information content (AvgIpc) is 3.70. The highest BCUT2D eigenvalue weighted by Gasteiger charge is 2.30. The number of piperazine rings is 1. The van der Waals surface area contributed by atoms with E-state index in [1.807, 2.05) is 48.7 Å². The van der Waals surface area contributed by atoms with Crippen LogP contribution >= 0.6 is 0 Å². The molecule has 5 aromatic rings. The van der Waals surface area contributed by atoms with Gasteiger partial charge in [0.15, 0.2) is 5.76 Å². The molecular weight excluding hydrogens is 634 g/mol. The molecule has 0 bridgehead atoms. The maximum atomic E-state index is 13.7. The van der Waals surface area contributed by atoms with Crippen molar-refractivity contribution in [2.75, 3.05) is 44.4 Å². The van der Waals surface area contributed by atoms with Gasteiger partial charge in [-0.2, -0.15) is 5.10 Å². The molecule has 12 nitrogen and oxygen atoms in total. The molecule has 1 atom stereocenters. The topological polar surface area (TPSA) is 134 Å². The number of methoxy groups -OCH3 is 1. The second kappa shape index (κ2) is 12.9. The summed E-state index contributed by atoms with van der Waals surface area (Å²) in [7, 11) is 5.57. The van der Waals surface area contributed by atoms with E-state index >= 15 is 0 Å². The Labute approximate surface area is 289 Å². The molecule has 2 aromatic heterocycles. The zero-order valence-corrected chi connectivity index (χ0v) is 28.9. The zero-order chi connectivity index (χ0) is 35.3. The van der Waals surface area contributed by atoms with Crippen LogP contribution in [0.4, 0.5) is 16.2 Å². The number of allylic oxidation sites excluding steroid dienone is 1. The van der Waals surface area contributed by atoms with E-state index in [0.717, 1.165) is 45.7 Å². The molecule has 256 valence electrons. The van der Waals surface area contributed by atoms with Gasteiger partial charge in [-0.3, -0.25) is 14.3 Å². The Bertz CT molecular complexity index is 2200. The number of H-pyrrole nitrogens is 1. The molecule has 50 heavy (non-hydrogen) atoms. The summed E-state index contributed by atoms with van der Waals surface area (Å²) in [6.07, 6.45) is 1.75. The minimum absolute atomic E-state index is 0.0256. The number of likely N-dealkylation sites (N-methyl/N-ethyl adjacent to an activating group) is 1. The second-order valence-corrected chi connectivity index (χ2v) is 12.9. The third kappa shape index (κ3) is 5.98. The van der Waals surface area contributed by atoms with Crippen LogP contribution in [0.5, 0.6) is 11.5 Å². The smallest absolute Gasteiger partial charge is 0.323 e. The summed E-state index contributed by atoms with van der Waals surface area (Å²) in [6.45, 7) is 8.24.